The number of nitrogens with one attached hydrogen (secondary N) is 2. The first-order valence-corrected chi connectivity index (χ1v) is 5.95. The lowest BCUT2D eigenvalue weighted by atomic mass is 10.0. The molecule has 0 bridgehead atoms. The van der Waals surface area contributed by atoms with Gasteiger partial charge in [-0.15, -0.1) is 0 Å². The SMILES string of the molecule is CC1OCCC1CNc1nc(NN)ncc1[N+](=O)[O-]. The molecule has 9 nitrogen and oxygen atoms in total. The van der Waals surface area contributed by atoms with Crippen LogP contribution in [-0.4, -0.2) is 34.1 Å². The number of aromatic nitrogens is 2. The van der Waals surface area contributed by atoms with Gasteiger partial charge in [-0.1, -0.05) is 0 Å². The van der Waals surface area contributed by atoms with E-state index >= 15 is 0 Å². The molecule has 0 spiro atoms. The number of anilines is 2. The molecule has 1 saturated heterocycles. The number of rotatable bonds is 5. The fourth-order valence-corrected chi connectivity index (χ4v) is 1.98. The summed E-state index contributed by atoms with van der Waals surface area (Å²) in [5.74, 6) is 5.79. The van der Waals surface area contributed by atoms with Crippen LogP contribution >= 0.6 is 0 Å². The van der Waals surface area contributed by atoms with Crippen LogP contribution in [0.25, 0.3) is 0 Å². The number of nitrogens with two attached hydrogens (primary N) is 1. The Hall–Kier alpha value is -2.00. The Bertz CT molecular complexity index is 469. The molecule has 1 aliphatic rings. The van der Waals surface area contributed by atoms with Gasteiger partial charge >= 0.3 is 5.69 Å². The number of hydrogen-bond acceptors (Lipinski definition) is 8. The van der Waals surface area contributed by atoms with Crippen molar-refractivity contribution in [2.75, 3.05) is 23.9 Å². The summed E-state index contributed by atoms with van der Waals surface area (Å²) in [6.07, 6.45) is 2.19. The third-order valence-electron chi connectivity index (χ3n) is 3.16. The second-order valence-electron chi connectivity index (χ2n) is 4.33. The Morgan fingerprint density at radius 3 is 3.05 bits per heavy atom. The fourth-order valence-electron chi connectivity index (χ4n) is 1.98. The van der Waals surface area contributed by atoms with E-state index in [0.717, 1.165) is 19.2 Å². The van der Waals surface area contributed by atoms with E-state index in [-0.39, 0.29) is 23.6 Å². The molecule has 104 valence electrons. The summed E-state index contributed by atoms with van der Waals surface area (Å²) in [4.78, 5) is 18.0. The quantitative estimate of drug-likeness (QED) is 0.400. The molecular weight excluding hydrogens is 252 g/mol. The predicted octanol–water partition coefficient (Wildman–Crippen LogP) is 0.507. The van der Waals surface area contributed by atoms with E-state index in [1.807, 2.05) is 6.92 Å². The van der Waals surface area contributed by atoms with E-state index in [1.54, 1.807) is 0 Å². The molecule has 1 aliphatic heterocycles. The van der Waals surface area contributed by atoms with Crippen LogP contribution in [0.5, 0.6) is 0 Å². The lowest BCUT2D eigenvalue weighted by Gasteiger charge is -2.15. The van der Waals surface area contributed by atoms with Gasteiger partial charge in [0.2, 0.25) is 11.8 Å². The molecule has 0 radical (unpaired) electrons. The highest BCUT2D eigenvalue weighted by atomic mass is 16.6. The molecule has 0 amide bonds. The van der Waals surface area contributed by atoms with Crippen molar-refractivity contribution >= 4 is 17.5 Å². The van der Waals surface area contributed by atoms with E-state index in [2.05, 4.69) is 20.7 Å². The highest BCUT2D eigenvalue weighted by Crippen LogP contribution is 2.25. The molecule has 0 aliphatic carbocycles. The lowest BCUT2D eigenvalue weighted by molar-refractivity contribution is -0.384. The average molecular weight is 268 g/mol. The van der Waals surface area contributed by atoms with Gasteiger partial charge in [-0.2, -0.15) is 4.98 Å². The molecule has 1 fully saturated rings. The maximum Gasteiger partial charge on any atom is 0.329 e. The van der Waals surface area contributed by atoms with Gasteiger partial charge < -0.3 is 10.1 Å². The van der Waals surface area contributed by atoms with Crippen LogP contribution in [0.3, 0.4) is 0 Å². The van der Waals surface area contributed by atoms with E-state index in [4.69, 9.17) is 10.6 Å². The maximum atomic E-state index is 10.9. The second-order valence-corrected chi connectivity index (χ2v) is 4.33. The zero-order valence-corrected chi connectivity index (χ0v) is 10.5. The van der Waals surface area contributed by atoms with Crippen molar-refractivity contribution in [3.63, 3.8) is 0 Å². The molecule has 2 atom stereocenters. The van der Waals surface area contributed by atoms with Crippen LogP contribution < -0.4 is 16.6 Å². The first-order chi connectivity index (χ1) is 9.11. The van der Waals surface area contributed by atoms with Gasteiger partial charge in [-0.3, -0.25) is 15.5 Å². The van der Waals surface area contributed by atoms with Crippen LogP contribution in [0, 0.1) is 16.0 Å². The Kier molecular flexibility index (Phi) is 4.07. The molecule has 2 rings (SSSR count). The Balaban J connectivity index is 2.10. The summed E-state index contributed by atoms with van der Waals surface area (Å²) in [6, 6.07) is 0. The largest absolute Gasteiger partial charge is 0.378 e. The third kappa shape index (κ3) is 3.06. The van der Waals surface area contributed by atoms with Crippen LogP contribution in [0.4, 0.5) is 17.5 Å². The molecule has 1 aromatic heterocycles. The number of hydrazine groups is 1. The molecule has 0 saturated carbocycles. The normalized spacial score (nSPS) is 22.2. The summed E-state index contributed by atoms with van der Waals surface area (Å²) in [5.41, 5.74) is 2.09. The predicted molar refractivity (Wildman–Crippen MR) is 68.5 cm³/mol. The number of nitrogen functional groups attached to an aromatic ring is 1. The van der Waals surface area contributed by atoms with E-state index < -0.39 is 4.92 Å². The Morgan fingerprint density at radius 1 is 1.68 bits per heavy atom. The number of ether oxygens (including phenoxy) is 1. The standard InChI is InChI=1S/C10H16N6O3/c1-6-7(2-3-19-6)4-12-9-8(16(17)18)5-13-10(14-9)15-11/h5-7H,2-4,11H2,1H3,(H2,12,13,14,15). The van der Waals surface area contributed by atoms with Crippen molar-refractivity contribution < 1.29 is 9.66 Å². The first kappa shape index (κ1) is 13.4. The summed E-state index contributed by atoms with van der Waals surface area (Å²) in [5, 5.41) is 13.9. The maximum absolute atomic E-state index is 10.9. The van der Waals surface area contributed by atoms with Gasteiger partial charge in [-0.05, 0) is 13.3 Å². The molecule has 2 unspecified atom stereocenters. The average Bonchev–Trinajstić information content (AvgIpc) is 2.81. The van der Waals surface area contributed by atoms with Gasteiger partial charge in [0, 0.05) is 19.1 Å². The van der Waals surface area contributed by atoms with Gasteiger partial charge in [0.15, 0.2) is 0 Å². The van der Waals surface area contributed by atoms with Crippen LogP contribution in [0.1, 0.15) is 13.3 Å². The second kappa shape index (κ2) is 5.76. The van der Waals surface area contributed by atoms with Crippen molar-refractivity contribution in [3.8, 4) is 0 Å². The van der Waals surface area contributed by atoms with E-state index in [9.17, 15) is 10.1 Å². The fraction of sp³-hybridized carbons (Fsp3) is 0.600. The molecule has 0 aromatic carbocycles. The van der Waals surface area contributed by atoms with Crippen molar-refractivity contribution in [3.05, 3.63) is 16.3 Å². The number of nitrogens with zero attached hydrogens (tertiary/aromatic N) is 3. The van der Waals surface area contributed by atoms with Crippen molar-refractivity contribution in [1.29, 1.82) is 0 Å². The van der Waals surface area contributed by atoms with Gasteiger partial charge in [0.05, 0.1) is 11.0 Å². The smallest absolute Gasteiger partial charge is 0.329 e. The van der Waals surface area contributed by atoms with E-state index in [0.29, 0.717) is 12.5 Å². The minimum atomic E-state index is -0.531. The van der Waals surface area contributed by atoms with Crippen LogP contribution in [0.15, 0.2) is 6.20 Å². The minimum absolute atomic E-state index is 0.129. The number of nitro groups is 1. The summed E-state index contributed by atoms with van der Waals surface area (Å²) < 4.78 is 5.44. The van der Waals surface area contributed by atoms with Crippen molar-refractivity contribution in [2.45, 2.75) is 19.4 Å². The summed E-state index contributed by atoms with van der Waals surface area (Å²) >= 11 is 0. The lowest BCUT2D eigenvalue weighted by Crippen LogP contribution is -2.22. The Morgan fingerprint density at radius 2 is 2.47 bits per heavy atom. The van der Waals surface area contributed by atoms with Gasteiger partial charge in [0.25, 0.3) is 0 Å². The summed E-state index contributed by atoms with van der Waals surface area (Å²) in [7, 11) is 0. The molecular formula is C10H16N6O3. The first-order valence-electron chi connectivity index (χ1n) is 5.95. The Labute approximate surface area is 109 Å². The van der Waals surface area contributed by atoms with Crippen molar-refractivity contribution in [1.82, 2.24) is 9.97 Å². The highest BCUT2D eigenvalue weighted by Gasteiger charge is 2.25. The molecule has 19 heavy (non-hydrogen) atoms. The monoisotopic (exact) mass is 268 g/mol. The van der Waals surface area contributed by atoms with Gasteiger partial charge in [-0.25, -0.2) is 10.8 Å². The molecule has 2 heterocycles. The van der Waals surface area contributed by atoms with Crippen molar-refractivity contribution in [2.24, 2.45) is 11.8 Å². The highest BCUT2D eigenvalue weighted by molar-refractivity contribution is 5.56. The molecule has 1 aromatic rings. The molecule has 9 heteroatoms. The summed E-state index contributed by atoms with van der Waals surface area (Å²) in [6.45, 7) is 3.26. The minimum Gasteiger partial charge on any atom is -0.378 e. The molecule has 4 N–H and O–H groups in total. The zero-order valence-electron chi connectivity index (χ0n) is 10.5. The van der Waals surface area contributed by atoms with E-state index in [1.165, 1.54) is 0 Å². The third-order valence-corrected chi connectivity index (χ3v) is 3.16. The zero-order chi connectivity index (χ0) is 13.8. The van der Waals surface area contributed by atoms with Gasteiger partial charge in [0.1, 0.15) is 6.20 Å². The topological polar surface area (TPSA) is 128 Å². The van der Waals surface area contributed by atoms with Crippen LogP contribution in [-0.2, 0) is 4.74 Å². The number of hydrogen-bond donors (Lipinski definition) is 3. The van der Waals surface area contributed by atoms with Crippen LogP contribution in [0.2, 0.25) is 0 Å².